The van der Waals surface area contributed by atoms with Crippen LogP contribution in [0.2, 0.25) is 0 Å². The van der Waals surface area contributed by atoms with Gasteiger partial charge in [0, 0.05) is 23.9 Å². The van der Waals surface area contributed by atoms with E-state index in [0.717, 1.165) is 58.9 Å². The fourth-order valence-corrected chi connectivity index (χ4v) is 6.51. The van der Waals surface area contributed by atoms with Gasteiger partial charge in [-0.2, -0.15) is 8.78 Å². The van der Waals surface area contributed by atoms with Crippen LogP contribution in [-0.4, -0.2) is 31.8 Å². The van der Waals surface area contributed by atoms with E-state index < -0.39 is 6.55 Å². The normalized spacial score (nSPS) is 19.1. The summed E-state index contributed by atoms with van der Waals surface area (Å²) >= 11 is 2.88. The zero-order valence-electron chi connectivity index (χ0n) is 16.4. The van der Waals surface area contributed by atoms with Crippen molar-refractivity contribution in [2.24, 2.45) is 0 Å². The number of thioether (sulfide) groups is 1. The van der Waals surface area contributed by atoms with E-state index in [0.29, 0.717) is 18.3 Å². The maximum Gasteiger partial charge on any atom is 0.319 e. The lowest BCUT2D eigenvalue weighted by Crippen LogP contribution is -2.29. The monoisotopic (exact) mass is 452 g/mol. The third kappa shape index (κ3) is 3.69. The molecule has 1 unspecified atom stereocenters. The van der Waals surface area contributed by atoms with Crippen molar-refractivity contribution in [1.82, 2.24) is 19.1 Å². The lowest BCUT2D eigenvalue weighted by molar-refractivity contribution is 0.0678. The van der Waals surface area contributed by atoms with E-state index in [1.54, 1.807) is 15.9 Å². The fraction of sp³-hybridized carbons (Fsp3) is 0.550. The number of hydrogen-bond donors (Lipinski definition) is 0. The molecule has 1 aliphatic heterocycles. The molecule has 1 fully saturated rings. The summed E-state index contributed by atoms with van der Waals surface area (Å²) in [6, 6.07) is 0. The smallest absolute Gasteiger partial charge is 0.319 e. The largest absolute Gasteiger partial charge is 0.376 e. The van der Waals surface area contributed by atoms with Crippen LogP contribution in [0.4, 0.5) is 8.78 Å². The van der Waals surface area contributed by atoms with Gasteiger partial charge in [-0.1, -0.05) is 11.8 Å². The molecule has 1 atom stereocenters. The third-order valence-corrected chi connectivity index (χ3v) is 7.90. The van der Waals surface area contributed by atoms with Crippen molar-refractivity contribution in [2.75, 3.05) is 6.61 Å². The standard InChI is InChI=1S/C20H22F2N4O2S2/c21-19(22)25-8-7-23-15(25)11-29-20-24-17-16(13-5-1-2-6-14(13)30-17)18(27)26(20)10-12-4-3-9-28-12/h7-8,12,19H,1-6,9-11H2. The van der Waals surface area contributed by atoms with Gasteiger partial charge in [-0.3, -0.25) is 13.9 Å². The van der Waals surface area contributed by atoms with Crippen molar-refractivity contribution >= 4 is 33.3 Å². The van der Waals surface area contributed by atoms with Gasteiger partial charge in [0.25, 0.3) is 5.56 Å². The van der Waals surface area contributed by atoms with Crippen LogP contribution in [0.25, 0.3) is 10.2 Å². The number of hydrogen-bond acceptors (Lipinski definition) is 6. The number of nitrogens with zero attached hydrogens (tertiary/aromatic N) is 4. The Kier molecular flexibility index (Phi) is 5.63. The Morgan fingerprint density at radius 2 is 2.17 bits per heavy atom. The van der Waals surface area contributed by atoms with Gasteiger partial charge in [-0.15, -0.1) is 11.3 Å². The molecule has 1 aliphatic carbocycles. The molecule has 0 saturated carbocycles. The van der Waals surface area contributed by atoms with Crippen LogP contribution in [0, 0.1) is 0 Å². The number of rotatable bonds is 6. The van der Waals surface area contributed by atoms with Crippen LogP contribution in [0.15, 0.2) is 22.3 Å². The SMILES string of the molecule is O=c1c2c3c(sc2nc(SCc2nccn2C(F)F)n1CC1CCCO1)CCCC3. The van der Waals surface area contributed by atoms with Gasteiger partial charge < -0.3 is 4.74 Å². The maximum atomic E-state index is 13.5. The van der Waals surface area contributed by atoms with Crippen molar-refractivity contribution in [2.45, 2.75) is 68.6 Å². The van der Waals surface area contributed by atoms with Gasteiger partial charge in [-0.05, 0) is 44.1 Å². The third-order valence-electron chi connectivity index (χ3n) is 5.74. The van der Waals surface area contributed by atoms with E-state index in [1.807, 2.05) is 0 Å². The minimum absolute atomic E-state index is 0.0150. The number of aryl methyl sites for hydroxylation is 2. The fourth-order valence-electron chi connectivity index (χ4n) is 4.25. The predicted molar refractivity (Wildman–Crippen MR) is 113 cm³/mol. The molecular weight excluding hydrogens is 430 g/mol. The number of alkyl halides is 2. The summed E-state index contributed by atoms with van der Waals surface area (Å²) in [4.78, 5) is 24.4. The first-order valence-electron chi connectivity index (χ1n) is 10.2. The molecule has 3 aromatic rings. The molecule has 30 heavy (non-hydrogen) atoms. The Morgan fingerprint density at radius 3 is 2.97 bits per heavy atom. The van der Waals surface area contributed by atoms with Crippen LogP contribution in [-0.2, 0) is 29.9 Å². The van der Waals surface area contributed by atoms with Crippen molar-refractivity contribution in [3.8, 4) is 0 Å². The summed E-state index contributed by atoms with van der Waals surface area (Å²) in [5.74, 6) is 0.477. The van der Waals surface area contributed by atoms with E-state index in [2.05, 4.69) is 4.98 Å². The molecule has 6 nitrogen and oxygen atoms in total. The molecule has 0 bridgehead atoms. The Labute approximate surface area is 180 Å². The minimum Gasteiger partial charge on any atom is -0.376 e. The van der Waals surface area contributed by atoms with E-state index >= 15 is 0 Å². The highest BCUT2D eigenvalue weighted by Gasteiger charge is 2.25. The Morgan fingerprint density at radius 1 is 1.30 bits per heavy atom. The van der Waals surface area contributed by atoms with Crippen molar-refractivity contribution in [1.29, 1.82) is 0 Å². The van der Waals surface area contributed by atoms with Gasteiger partial charge in [0.2, 0.25) is 0 Å². The van der Waals surface area contributed by atoms with E-state index in [-0.39, 0.29) is 23.2 Å². The second-order valence-electron chi connectivity index (χ2n) is 7.65. The molecular formula is C20H22F2N4O2S2. The number of ether oxygens (including phenoxy) is 1. The summed E-state index contributed by atoms with van der Waals surface area (Å²) in [6.45, 7) is -1.49. The zero-order valence-corrected chi connectivity index (χ0v) is 18.0. The quantitative estimate of drug-likeness (QED) is 0.410. The number of imidazole rings is 1. The molecule has 5 rings (SSSR count). The Balaban J connectivity index is 1.54. The minimum atomic E-state index is -2.64. The van der Waals surface area contributed by atoms with Gasteiger partial charge in [0.05, 0.1) is 23.8 Å². The molecule has 0 N–H and O–H groups in total. The molecule has 160 valence electrons. The number of halogens is 2. The zero-order chi connectivity index (χ0) is 20.7. The lowest BCUT2D eigenvalue weighted by atomic mass is 9.97. The van der Waals surface area contributed by atoms with E-state index in [4.69, 9.17) is 9.72 Å². The van der Waals surface area contributed by atoms with Crippen LogP contribution < -0.4 is 5.56 Å². The van der Waals surface area contributed by atoms with Crippen molar-refractivity contribution in [3.05, 3.63) is 39.0 Å². The van der Waals surface area contributed by atoms with Gasteiger partial charge in [-0.25, -0.2) is 9.97 Å². The summed E-state index contributed by atoms with van der Waals surface area (Å²) in [5.41, 5.74) is 1.12. The molecule has 2 aliphatic rings. The molecule has 0 radical (unpaired) electrons. The van der Waals surface area contributed by atoms with Crippen LogP contribution in [0.1, 0.15) is 48.5 Å². The van der Waals surface area contributed by atoms with Gasteiger partial charge in [0.1, 0.15) is 10.7 Å². The summed E-state index contributed by atoms with van der Waals surface area (Å²) in [7, 11) is 0. The topological polar surface area (TPSA) is 61.9 Å². The first-order chi connectivity index (χ1) is 14.6. The van der Waals surface area contributed by atoms with E-state index in [1.165, 1.54) is 29.0 Å². The molecule has 1 saturated heterocycles. The molecule has 10 heteroatoms. The predicted octanol–water partition coefficient (Wildman–Crippen LogP) is 4.40. The Hall–Kier alpha value is -1.78. The lowest BCUT2D eigenvalue weighted by Gasteiger charge is -2.16. The molecule has 3 aromatic heterocycles. The first-order valence-corrected chi connectivity index (χ1v) is 12.0. The Bertz CT molecular complexity index is 1120. The van der Waals surface area contributed by atoms with E-state index in [9.17, 15) is 13.6 Å². The summed E-state index contributed by atoms with van der Waals surface area (Å²) in [6.07, 6.45) is 8.66. The van der Waals surface area contributed by atoms with Gasteiger partial charge in [0.15, 0.2) is 5.16 Å². The first kappa shape index (κ1) is 20.1. The second kappa shape index (κ2) is 8.39. The molecule has 4 heterocycles. The average Bonchev–Trinajstić information content (AvgIpc) is 3.48. The summed E-state index contributed by atoms with van der Waals surface area (Å²) < 4.78 is 34.6. The number of aromatic nitrogens is 4. The highest BCUT2D eigenvalue weighted by Crippen LogP contribution is 2.35. The second-order valence-corrected chi connectivity index (χ2v) is 9.68. The van der Waals surface area contributed by atoms with Crippen molar-refractivity contribution in [3.63, 3.8) is 0 Å². The summed E-state index contributed by atoms with van der Waals surface area (Å²) in [5, 5.41) is 1.29. The highest BCUT2D eigenvalue weighted by molar-refractivity contribution is 7.98. The molecule has 0 amide bonds. The van der Waals surface area contributed by atoms with Crippen LogP contribution >= 0.6 is 23.1 Å². The highest BCUT2D eigenvalue weighted by atomic mass is 32.2. The van der Waals surface area contributed by atoms with Crippen molar-refractivity contribution < 1.29 is 13.5 Å². The number of fused-ring (bicyclic) bond motifs is 3. The number of thiophene rings is 1. The maximum absolute atomic E-state index is 13.5. The van der Waals surface area contributed by atoms with Crippen LogP contribution in [0.3, 0.4) is 0 Å². The van der Waals surface area contributed by atoms with Crippen LogP contribution in [0.5, 0.6) is 0 Å². The average molecular weight is 453 g/mol. The van der Waals surface area contributed by atoms with Gasteiger partial charge >= 0.3 is 6.55 Å². The molecule has 0 aromatic carbocycles. The molecule has 0 spiro atoms.